The van der Waals surface area contributed by atoms with Gasteiger partial charge in [-0.15, -0.1) is 0 Å². The number of nitrogens with one attached hydrogen (secondary N) is 3. The van der Waals surface area contributed by atoms with Crippen LogP contribution in [0.15, 0.2) is 109 Å². The van der Waals surface area contributed by atoms with Crippen LogP contribution in [0.4, 0.5) is 0 Å². The van der Waals surface area contributed by atoms with Gasteiger partial charge in [-0.2, -0.15) is 0 Å². The van der Waals surface area contributed by atoms with Gasteiger partial charge in [0.05, 0.1) is 0 Å². The van der Waals surface area contributed by atoms with Crippen LogP contribution in [-0.4, -0.2) is 45.9 Å². The maximum atomic E-state index is 13.7. The van der Waals surface area contributed by atoms with Crippen molar-refractivity contribution in [2.24, 2.45) is 5.92 Å². The molecule has 5 N–H and O–H groups in total. The number of benzene rings is 4. The van der Waals surface area contributed by atoms with E-state index in [2.05, 4.69) is 16.0 Å². The standard InChI is InChI=1S/C38H44N3O8P/c1-3-27(2)36(39-26-42)38(44)40-34(22-28-14-18-32(19-15-28)48-24-30-10-6-4-7-11-30)37(43)41-35(50(45,46)47)23-29-16-20-33(21-17-29)49-25-31-12-8-5-9-13-31/h4-21,26-27,34-36H,3,22-25H2,1-2H3,(H,39,42)(H,40,44)(H,41,43)(H2,45,46,47)/t27-,34-,35+,36-/m0/s1. The Morgan fingerprint density at radius 3 is 1.62 bits per heavy atom. The molecule has 0 aliphatic carbocycles. The highest BCUT2D eigenvalue weighted by Gasteiger charge is 2.34. The molecule has 0 aliphatic heterocycles. The summed E-state index contributed by atoms with van der Waals surface area (Å²) >= 11 is 0. The van der Waals surface area contributed by atoms with E-state index in [9.17, 15) is 28.7 Å². The lowest BCUT2D eigenvalue weighted by atomic mass is 9.97. The van der Waals surface area contributed by atoms with E-state index < -0.39 is 37.3 Å². The van der Waals surface area contributed by atoms with Crippen LogP contribution in [0, 0.1) is 5.92 Å². The highest BCUT2D eigenvalue weighted by atomic mass is 31.2. The summed E-state index contributed by atoms with van der Waals surface area (Å²) in [5, 5.41) is 7.72. The van der Waals surface area contributed by atoms with E-state index >= 15 is 0 Å². The smallest absolute Gasteiger partial charge is 0.347 e. The second kappa shape index (κ2) is 18.7. The van der Waals surface area contributed by atoms with Crippen LogP contribution in [-0.2, 0) is 45.0 Å². The first-order valence-electron chi connectivity index (χ1n) is 16.4. The Bertz CT molecular complexity index is 1700. The topological polar surface area (TPSA) is 163 Å². The van der Waals surface area contributed by atoms with Crippen LogP contribution in [0.1, 0.15) is 42.5 Å². The summed E-state index contributed by atoms with van der Waals surface area (Å²) in [7, 11) is -4.86. The third kappa shape index (κ3) is 11.9. The highest BCUT2D eigenvalue weighted by Crippen LogP contribution is 2.41. The molecular weight excluding hydrogens is 657 g/mol. The van der Waals surface area contributed by atoms with E-state index in [1.807, 2.05) is 67.6 Å². The summed E-state index contributed by atoms with van der Waals surface area (Å²) in [5.41, 5.74) is 3.22. The SMILES string of the molecule is CC[C@H](C)[C@H](NC=O)C(=O)N[C@@H](Cc1ccc(OCc2ccccc2)cc1)C(=O)N[C@@H](Cc1ccc(OCc2ccccc2)cc1)P(=O)(O)O. The Morgan fingerprint density at radius 1 is 0.700 bits per heavy atom. The number of hydrogen-bond donors (Lipinski definition) is 5. The van der Waals surface area contributed by atoms with Gasteiger partial charge in [0.15, 0.2) is 0 Å². The fraction of sp³-hybridized carbons (Fsp3) is 0.289. The number of carbonyl (C=O) groups excluding carboxylic acids is 3. The number of hydrogen-bond acceptors (Lipinski definition) is 6. The van der Waals surface area contributed by atoms with Crippen LogP contribution >= 0.6 is 7.60 Å². The molecule has 0 aromatic heterocycles. The molecule has 0 unspecified atom stereocenters. The van der Waals surface area contributed by atoms with Crippen molar-refractivity contribution in [1.82, 2.24) is 16.0 Å². The first-order valence-corrected chi connectivity index (χ1v) is 18.1. The molecule has 4 atom stereocenters. The molecule has 0 heterocycles. The van der Waals surface area contributed by atoms with Crippen LogP contribution in [0.2, 0.25) is 0 Å². The number of amides is 3. The molecule has 4 rings (SSSR count). The van der Waals surface area contributed by atoms with Crippen molar-refractivity contribution in [2.75, 3.05) is 0 Å². The summed E-state index contributed by atoms with van der Waals surface area (Å²) in [6, 6.07) is 30.9. The lowest BCUT2D eigenvalue weighted by Crippen LogP contribution is -2.56. The van der Waals surface area contributed by atoms with Gasteiger partial charge in [-0.3, -0.25) is 18.9 Å². The predicted octanol–water partition coefficient (Wildman–Crippen LogP) is 4.90. The minimum absolute atomic E-state index is 0.00613. The van der Waals surface area contributed by atoms with E-state index in [0.717, 1.165) is 11.1 Å². The van der Waals surface area contributed by atoms with Gasteiger partial charge in [0.25, 0.3) is 0 Å². The fourth-order valence-corrected chi connectivity index (χ4v) is 5.93. The van der Waals surface area contributed by atoms with Gasteiger partial charge >= 0.3 is 7.60 Å². The third-order valence-corrected chi connectivity index (χ3v) is 9.43. The van der Waals surface area contributed by atoms with Crippen LogP contribution in [0.3, 0.4) is 0 Å². The van der Waals surface area contributed by atoms with Crippen LogP contribution in [0.25, 0.3) is 0 Å². The first-order chi connectivity index (χ1) is 24.0. The molecule has 4 aromatic rings. The van der Waals surface area contributed by atoms with E-state index in [4.69, 9.17) is 9.47 Å². The largest absolute Gasteiger partial charge is 0.489 e. The fourth-order valence-electron chi connectivity index (χ4n) is 5.18. The molecule has 264 valence electrons. The van der Waals surface area contributed by atoms with Crippen molar-refractivity contribution in [2.45, 2.75) is 64.2 Å². The maximum absolute atomic E-state index is 13.7. The number of ether oxygens (including phenoxy) is 2. The maximum Gasteiger partial charge on any atom is 0.347 e. The van der Waals surface area contributed by atoms with Crippen molar-refractivity contribution < 1.29 is 38.2 Å². The Labute approximate surface area is 292 Å². The predicted molar refractivity (Wildman–Crippen MR) is 190 cm³/mol. The molecule has 0 spiro atoms. The summed E-state index contributed by atoms with van der Waals surface area (Å²) in [5.74, 6) is -2.01. The average molecular weight is 702 g/mol. The van der Waals surface area contributed by atoms with Crippen molar-refractivity contribution >= 4 is 25.8 Å². The van der Waals surface area contributed by atoms with E-state index in [1.54, 1.807) is 55.5 Å². The Hall–Kier alpha value is -4.96. The molecule has 0 saturated carbocycles. The zero-order valence-corrected chi connectivity index (χ0v) is 29.0. The molecule has 0 radical (unpaired) electrons. The lowest BCUT2D eigenvalue weighted by molar-refractivity contribution is -0.131. The molecule has 4 aromatic carbocycles. The molecule has 0 saturated heterocycles. The van der Waals surface area contributed by atoms with Gasteiger partial charge in [0, 0.05) is 12.8 Å². The normalized spacial score (nSPS) is 13.6. The molecule has 0 aliphatic rings. The molecular formula is C38H44N3O8P. The zero-order chi connectivity index (χ0) is 35.9. The summed E-state index contributed by atoms with van der Waals surface area (Å²) in [6.07, 6.45) is 0.843. The number of carbonyl (C=O) groups is 3. The van der Waals surface area contributed by atoms with Gasteiger partial charge in [-0.1, -0.05) is 105 Å². The van der Waals surface area contributed by atoms with Gasteiger partial charge < -0.3 is 35.2 Å². The van der Waals surface area contributed by atoms with Crippen molar-refractivity contribution in [3.63, 3.8) is 0 Å². The monoisotopic (exact) mass is 701 g/mol. The minimum Gasteiger partial charge on any atom is -0.489 e. The van der Waals surface area contributed by atoms with E-state index in [1.165, 1.54) is 0 Å². The van der Waals surface area contributed by atoms with Crippen molar-refractivity contribution in [3.8, 4) is 11.5 Å². The second-order valence-corrected chi connectivity index (χ2v) is 13.9. The van der Waals surface area contributed by atoms with Crippen molar-refractivity contribution in [1.29, 1.82) is 0 Å². The Morgan fingerprint density at radius 2 is 1.18 bits per heavy atom. The van der Waals surface area contributed by atoms with Gasteiger partial charge in [0.1, 0.15) is 42.6 Å². The average Bonchev–Trinajstić information content (AvgIpc) is 3.12. The molecule has 50 heavy (non-hydrogen) atoms. The van der Waals surface area contributed by atoms with Crippen LogP contribution in [0.5, 0.6) is 11.5 Å². The zero-order valence-electron chi connectivity index (χ0n) is 28.1. The van der Waals surface area contributed by atoms with Gasteiger partial charge in [-0.05, 0) is 52.4 Å². The molecule has 0 bridgehead atoms. The first kappa shape index (κ1) is 37.9. The highest BCUT2D eigenvalue weighted by molar-refractivity contribution is 7.52. The summed E-state index contributed by atoms with van der Waals surface area (Å²) in [4.78, 5) is 58.9. The summed E-state index contributed by atoms with van der Waals surface area (Å²) in [6.45, 7) is 4.40. The minimum atomic E-state index is -4.86. The van der Waals surface area contributed by atoms with Gasteiger partial charge in [0.2, 0.25) is 18.2 Å². The van der Waals surface area contributed by atoms with Crippen molar-refractivity contribution in [3.05, 3.63) is 131 Å². The molecule has 11 nitrogen and oxygen atoms in total. The Kier molecular flexibility index (Phi) is 14.2. The Balaban J connectivity index is 1.48. The number of rotatable bonds is 19. The van der Waals surface area contributed by atoms with E-state index in [0.29, 0.717) is 48.7 Å². The third-order valence-electron chi connectivity index (χ3n) is 8.30. The second-order valence-electron chi connectivity index (χ2n) is 12.1. The molecule has 12 heteroatoms. The lowest BCUT2D eigenvalue weighted by Gasteiger charge is -2.27. The summed E-state index contributed by atoms with van der Waals surface area (Å²) < 4.78 is 24.3. The molecule has 0 fully saturated rings. The van der Waals surface area contributed by atoms with Crippen LogP contribution < -0.4 is 25.4 Å². The molecule has 3 amide bonds. The van der Waals surface area contributed by atoms with E-state index in [-0.39, 0.29) is 18.8 Å². The quantitative estimate of drug-likeness (QED) is 0.0682. The van der Waals surface area contributed by atoms with Gasteiger partial charge in [-0.25, -0.2) is 0 Å².